The number of rotatable bonds is 6. The van der Waals surface area contributed by atoms with Crippen LogP contribution in [0.15, 0.2) is 36.8 Å². The molecule has 3 unspecified atom stereocenters. The molecule has 1 fully saturated rings. The first-order chi connectivity index (χ1) is 14.9. The van der Waals surface area contributed by atoms with Gasteiger partial charge >= 0.3 is 0 Å². The monoisotopic (exact) mass is 422 g/mol. The lowest BCUT2D eigenvalue weighted by atomic mass is 9.85. The van der Waals surface area contributed by atoms with Crippen molar-refractivity contribution >= 4 is 5.82 Å². The molecule has 4 rings (SSSR count). The van der Waals surface area contributed by atoms with Crippen LogP contribution in [0.1, 0.15) is 49.6 Å². The fraction of sp³-hybridized carbons (Fsp3) is 0.478. The number of aliphatic hydroxyl groups is 1. The summed E-state index contributed by atoms with van der Waals surface area (Å²) in [5.41, 5.74) is 4.25. The van der Waals surface area contributed by atoms with Gasteiger partial charge < -0.3 is 15.2 Å². The van der Waals surface area contributed by atoms with Gasteiger partial charge in [0.1, 0.15) is 12.0 Å². The van der Waals surface area contributed by atoms with E-state index in [4.69, 9.17) is 9.84 Å². The number of nitrogens with zero attached hydrogens (tertiary/aromatic N) is 5. The highest BCUT2D eigenvalue weighted by Gasteiger charge is 2.30. The number of hydrogen-bond donors (Lipinski definition) is 2. The summed E-state index contributed by atoms with van der Waals surface area (Å²) < 4.78 is 7.79. The van der Waals surface area contributed by atoms with Gasteiger partial charge in [-0.05, 0) is 70.2 Å². The topological polar surface area (TPSA) is 98.0 Å². The van der Waals surface area contributed by atoms with Gasteiger partial charge in [-0.25, -0.2) is 15.0 Å². The summed E-state index contributed by atoms with van der Waals surface area (Å²) in [6, 6.07) is 5.47. The van der Waals surface area contributed by atoms with Gasteiger partial charge in [0.05, 0.1) is 24.4 Å². The van der Waals surface area contributed by atoms with Crippen molar-refractivity contribution in [2.24, 2.45) is 0 Å². The molecule has 3 aromatic rings. The Hall–Kier alpha value is -2.84. The molecule has 3 aromatic heterocycles. The second kappa shape index (κ2) is 9.11. The Labute approximate surface area is 182 Å². The first-order valence-corrected chi connectivity index (χ1v) is 10.8. The maximum absolute atomic E-state index is 10.6. The number of hydrogen-bond acceptors (Lipinski definition) is 7. The summed E-state index contributed by atoms with van der Waals surface area (Å²) >= 11 is 0. The summed E-state index contributed by atoms with van der Waals surface area (Å²) in [5.74, 6) is 1.64. The van der Waals surface area contributed by atoms with E-state index in [1.165, 1.54) is 5.56 Å². The molecule has 0 radical (unpaired) electrons. The number of anilines is 1. The maximum Gasteiger partial charge on any atom is 0.160 e. The quantitative estimate of drug-likeness (QED) is 0.587. The van der Waals surface area contributed by atoms with E-state index in [2.05, 4.69) is 48.0 Å². The summed E-state index contributed by atoms with van der Waals surface area (Å²) in [6.07, 6.45) is 6.77. The molecule has 0 aromatic carbocycles. The fourth-order valence-electron chi connectivity index (χ4n) is 4.56. The normalized spacial score (nSPS) is 22.3. The van der Waals surface area contributed by atoms with Crippen LogP contribution in [0, 0.1) is 13.8 Å². The highest BCUT2D eigenvalue weighted by Crippen LogP contribution is 2.36. The van der Waals surface area contributed by atoms with E-state index >= 15 is 0 Å². The van der Waals surface area contributed by atoms with Crippen molar-refractivity contribution in [3.63, 3.8) is 0 Å². The van der Waals surface area contributed by atoms with Crippen LogP contribution < -0.4 is 5.32 Å². The first-order valence-electron chi connectivity index (χ1n) is 10.8. The van der Waals surface area contributed by atoms with Crippen LogP contribution in [0.25, 0.3) is 11.4 Å². The molecule has 0 aliphatic carbocycles. The van der Waals surface area contributed by atoms with Crippen molar-refractivity contribution in [2.75, 3.05) is 5.32 Å². The number of ether oxygens (including phenoxy) is 1. The van der Waals surface area contributed by atoms with Gasteiger partial charge in [-0.15, -0.1) is 0 Å². The minimum Gasteiger partial charge on any atom is -0.376 e. The van der Waals surface area contributed by atoms with E-state index < -0.39 is 6.23 Å². The number of aryl methyl sites for hydroxylation is 1. The second-order valence-electron chi connectivity index (χ2n) is 8.36. The van der Waals surface area contributed by atoms with Crippen molar-refractivity contribution in [1.82, 2.24) is 24.7 Å². The lowest BCUT2D eigenvalue weighted by Gasteiger charge is -2.32. The van der Waals surface area contributed by atoms with Crippen molar-refractivity contribution in [2.45, 2.75) is 71.4 Å². The smallest absolute Gasteiger partial charge is 0.160 e. The van der Waals surface area contributed by atoms with Crippen LogP contribution in [0.3, 0.4) is 0 Å². The molecule has 1 saturated heterocycles. The number of nitrogens with one attached hydrogen (secondary N) is 1. The van der Waals surface area contributed by atoms with Gasteiger partial charge in [0, 0.05) is 29.8 Å². The third-order valence-electron chi connectivity index (χ3n) is 5.79. The van der Waals surface area contributed by atoms with Gasteiger partial charge in [0.15, 0.2) is 5.82 Å². The molecule has 4 heterocycles. The third-order valence-corrected chi connectivity index (χ3v) is 5.79. The van der Waals surface area contributed by atoms with Gasteiger partial charge in [-0.1, -0.05) is 0 Å². The van der Waals surface area contributed by atoms with Crippen LogP contribution >= 0.6 is 0 Å². The van der Waals surface area contributed by atoms with Crippen molar-refractivity contribution in [1.29, 1.82) is 0 Å². The Morgan fingerprint density at radius 1 is 1.13 bits per heavy atom. The molecule has 1 aliphatic heterocycles. The molecule has 31 heavy (non-hydrogen) atoms. The van der Waals surface area contributed by atoms with Crippen LogP contribution in [0.2, 0.25) is 0 Å². The molecule has 0 spiro atoms. The predicted octanol–water partition coefficient (Wildman–Crippen LogP) is 3.45. The predicted molar refractivity (Wildman–Crippen MR) is 119 cm³/mol. The van der Waals surface area contributed by atoms with Crippen molar-refractivity contribution < 1.29 is 9.84 Å². The Morgan fingerprint density at radius 2 is 1.84 bits per heavy atom. The molecule has 0 saturated carbocycles. The molecule has 0 amide bonds. The molecule has 8 nitrogen and oxygen atoms in total. The van der Waals surface area contributed by atoms with E-state index in [9.17, 15) is 5.11 Å². The van der Waals surface area contributed by atoms with Gasteiger partial charge in [0.25, 0.3) is 0 Å². The Morgan fingerprint density at radius 3 is 2.48 bits per heavy atom. The summed E-state index contributed by atoms with van der Waals surface area (Å²) in [5, 5.41) is 18.4. The zero-order chi connectivity index (χ0) is 22.0. The van der Waals surface area contributed by atoms with E-state index in [1.807, 2.05) is 16.8 Å². The molecule has 2 N–H and O–H groups in total. The molecule has 8 heteroatoms. The molecule has 1 aliphatic rings. The molecular weight excluding hydrogens is 392 g/mol. The highest BCUT2D eigenvalue weighted by atomic mass is 16.5. The van der Waals surface area contributed by atoms with E-state index in [1.54, 1.807) is 24.7 Å². The molecule has 164 valence electrons. The van der Waals surface area contributed by atoms with Crippen LogP contribution in [-0.4, -0.2) is 48.3 Å². The maximum atomic E-state index is 10.6. The van der Waals surface area contributed by atoms with Gasteiger partial charge in [-0.3, -0.25) is 4.68 Å². The lowest BCUT2D eigenvalue weighted by Crippen LogP contribution is -2.29. The number of aromatic nitrogens is 5. The SMILES string of the molecule is Cc1nn(CC(O)Nc2ccc(-c3ncccn3)cn2)c(C)c1C1CC(C)OC(C)C1. The molecule has 0 bridgehead atoms. The highest BCUT2D eigenvalue weighted by molar-refractivity contribution is 5.55. The molecular formula is C23H30N6O2. The summed E-state index contributed by atoms with van der Waals surface area (Å²) in [4.78, 5) is 12.8. The minimum absolute atomic E-state index is 0.249. The second-order valence-corrected chi connectivity index (χ2v) is 8.36. The lowest BCUT2D eigenvalue weighted by molar-refractivity contribution is -0.0381. The van der Waals surface area contributed by atoms with Crippen LogP contribution in [0.5, 0.6) is 0 Å². The Balaban J connectivity index is 1.42. The zero-order valence-electron chi connectivity index (χ0n) is 18.5. The Kier molecular flexibility index (Phi) is 6.29. The molecule has 3 atom stereocenters. The van der Waals surface area contributed by atoms with E-state index in [0.717, 1.165) is 29.8 Å². The number of aliphatic hydroxyl groups excluding tert-OH is 1. The van der Waals surface area contributed by atoms with E-state index in [-0.39, 0.29) is 12.2 Å². The zero-order valence-corrected chi connectivity index (χ0v) is 18.5. The fourth-order valence-corrected chi connectivity index (χ4v) is 4.56. The summed E-state index contributed by atoms with van der Waals surface area (Å²) in [7, 11) is 0. The van der Waals surface area contributed by atoms with E-state index in [0.29, 0.717) is 24.1 Å². The van der Waals surface area contributed by atoms with Crippen LogP contribution in [-0.2, 0) is 11.3 Å². The van der Waals surface area contributed by atoms with Gasteiger partial charge in [0.2, 0.25) is 0 Å². The van der Waals surface area contributed by atoms with Gasteiger partial charge in [-0.2, -0.15) is 5.10 Å². The largest absolute Gasteiger partial charge is 0.376 e. The van der Waals surface area contributed by atoms with Crippen molar-refractivity contribution in [3.8, 4) is 11.4 Å². The third kappa shape index (κ3) is 4.91. The van der Waals surface area contributed by atoms with Crippen molar-refractivity contribution in [3.05, 3.63) is 53.7 Å². The van der Waals surface area contributed by atoms with Crippen LogP contribution in [0.4, 0.5) is 5.82 Å². The standard InChI is InChI=1S/C23H30N6O2/c1-14-10-19(11-15(2)31-14)22-16(3)28-29(17(22)4)13-21(30)27-20-7-6-18(12-26-20)23-24-8-5-9-25-23/h5-9,12,14-15,19,21,30H,10-11,13H2,1-4H3,(H,26,27). The first kappa shape index (κ1) is 21.4. The average Bonchev–Trinajstić information content (AvgIpc) is 3.01. The Bertz CT molecular complexity index is 995. The minimum atomic E-state index is -0.815. The number of pyridine rings is 1. The summed E-state index contributed by atoms with van der Waals surface area (Å²) in [6.45, 7) is 8.74. The average molecular weight is 423 g/mol.